The highest BCUT2D eigenvalue weighted by atomic mass is 32.1. The van der Waals surface area contributed by atoms with Crippen molar-refractivity contribution in [2.45, 2.75) is 6.92 Å². The molecule has 0 N–H and O–H groups in total. The van der Waals surface area contributed by atoms with E-state index in [2.05, 4.69) is 12.6 Å². The number of carbonyl (C=O) groups is 1. The molecule has 1 aromatic rings. The Morgan fingerprint density at radius 2 is 1.92 bits per heavy atom. The van der Waals surface area contributed by atoms with Crippen LogP contribution in [0.4, 0.5) is 0 Å². The summed E-state index contributed by atoms with van der Waals surface area (Å²) in [6, 6.07) is 9.64. The Hall–Kier alpha value is -1.02. The van der Waals surface area contributed by atoms with Gasteiger partial charge < -0.3 is 0 Å². The lowest BCUT2D eigenvalue weighted by Crippen LogP contribution is -1.87. The van der Waals surface area contributed by atoms with E-state index in [0.717, 1.165) is 5.56 Å². The second-order valence-corrected chi connectivity index (χ2v) is 2.98. The zero-order valence-corrected chi connectivity index (χ0v) is 7.71. The first-order chi connectivity index (χ1) is 5.70. The molecule has 0 aliphatic heterocycles. The summed E-state index contributed by atoms with van der Waals surface area (Å²) >= 11 is 4.05. The molecule has 0 spiro atoms. The number of Topliss-reactive ketones (excluding diaryl/α,β-unsaturated/α-hetero) is 1. The molecule has 0 bridgehead atoms. The zero-order valence-electron chi connectivity index (χ0n) is 6.82. The molecule has 0 unspecified atom stereocenters. The minimum Gasteiger partial charge on any atom is -0.294 e. The normalized spacial score (nSPS) is 11.3. The summed E-state index contributed by atoms with van der Waals surface area (Å²) in [6.07, 6.45) is 1.76. The first-order valence-corrected chi connectivity index (χ1v) is 4.11. The van der Waals surface area contributed by atoms with Crippen molar-refractivity contribution in [1.29, 1.82) is 0 Å². The highest BCUT2D eigenvalue weighted by Gasteiger charge is 1.95. The zero-order chi connectivity index (χ0) is 8.97. The van der Waals surface area contributed by atoms with Crippen LogP contribution in [0.2, 0.25) is 0 Å². The van der Waals surface area contributed by atoms with E-state index in [1.54, 1.807) is 6.08 Å². The van der Waals surface area contributed by atoms with Crippen LogP contribution in [-0.4, -0.2) is 5.78 Å². The van der Waals surface area contributed by atoms with E-state index in [9.17, 15) is 4.79 Å². The molecule has 62 valence electrons. The second kappa shape index (κ2) is 4.12. The topological polar surface area (TPSA) is 17.1 Å². The van der Waals surface area contributed by atoms with E-state index in [1.165, 1.54) is 6.92 Å². The maximum Gasteiger partial charge on any atom is 0.165 e. The molecule has 0 aromatic heterocycles. The van der Waals surface area contributed by atoms with Gasteiger partial charge in [-0.2, -0.15) is 0 Å². The van der Waals surface area contributed by atoms with E-state index >= 15 is 0 Å². The third-order valence-electron chi connectivity index (χ3n) is 1.46. The van der Waals surface area contributed by atoms with E-state index < -0.39 is 0 Å². The molecule has 0 atom stereocenters. The van der Waals surface area contributed by atoms with E-state index in [0.29, 0.717) is 4.91 Å². The van der Waals surface area contributed by atoms with E-state index in [1.807, 2.05) is 30.3 Å². The molecular formula is C10H10OS. The number of benzene rings is 1. The minimum atomic E-state index is -0.0119. The van der Waals surface area contributed by atoms with Gasteiger partial charge in [0.15, 0.2) is 5.78 Å². The van der Waals surface area contributed by atoms with E-state index in [-0.39, 0.29) is 5.78 Å². The first-order valence-electron chi connectivity index (χ1n) is 3.67. The lowest BCUT2D eigenvalue weighted by Gasteiger charge is -1.93. The Labute approximate surface area is 77.5 Å². The molecule has 0 heterocycles. The van der Waals surface area contributed by atoms with Crippen LogP contribution >= 0.6 is 12.6 Å². The van der Waals surface area contributed by atoms with Gasteiger partial charge in [-0.1, -0.05) is 30.3 Å². The third kappa shape index (κ3) is 2.55. The minimum absolute atomic E-state index is 0.0119. The SMILES string of the molecule is CC(=O)/C(S)=C/c1ccccc1. The van der Waals surface area contributed by atoms with Crippen molar-refractivity contribution in [1.82, 2.24) is 0 Å². The van der Waals surface area contributed by atoms with Gasteiger partial charge in [-0.15, -0.1) is 12.6 Å². The number of carbonyl (C=O) groups excluding carboxylic acids is 1. The monoisotopic (exact) mass is 178 g/mol. The standard InChI is InChI=1S/C10H10OS/c1-8(11)10(12)7-9-5-3-2-4-6-9/h2-7,12H,1H3/b10-7-. The Balaban J connectivity index is 2.89. The van der Waals surface area contributed by atoms with Gasteiger partial charge in [0, 0.05) is 4.91 Å². The summed E-state index contributed by atoms with van der Waals surface area (Å²) in [6.45, 7) is 1.50. The average Bonchev–Trinajstić information content (AvgIpc) is 2.06. The van der Waals surface area contributed by atoms with Crippen molar-refractivity contribution >= 4 is 24.5 Å². The largest absolute Gasteiger partial charge is 0.294 e. The van der Waals surface area contributed by atoms with Crippen LogP contribution in [-0.2, 0) is 4.79 Å². The highest BCUT2D eigenvalue weighted by molar-refractivity contribution is 7.85. The number of hydrogen-bond donors (Lipinski definition) is 1. The summed E-state index contributed by atoms with van der Waals surface area (Å²) in [5, 5.41) is 0. The van der Waals surface area contributed by atoms with Crippen LogP contribution in [0.25, 0.3) is 6.08 Å². The van der Waals surface area contributed by atoms with Crippen LogP contribution in [0, 0.1) is 0 Å². The van der Waals surface area contributed by atoms with Crippen molar-refractivity contribution in [2.24, 2.45) is 0 Å². The van der Waals surface area contributed by atoms with Crippen LogP contribution < -0.4 is 0 Å². The molecule has 12 heavy (non-hydrogen) atoms. The van der Waals surface area contributed by atoms with Crippen molar-refractivity contribution in [3.63, 3.8) is 0 Å². The van der Waals surface area contributed by atoms with Gasteiger partial charge in [0.2, 0.25) is 0 Å². The van der Waals surface area contributed by atoms with Gasteiger partial charge in [0.1, 0.15) is 0 Å². The summed E-state index contributed by atoms with van der Waals surface area (Å²) in [5.41, 5.74) is 0.998. The molecule has 1 rings (SSSR count). The van der Waals surface area contributed by atoms with Gasteiger partial charge in [-0.3, -0.25) is 4.79 Å². The van der Waals surface area contributed by atoms with Crippen molar-refractivity contribution in [3.8, 4) is 0 Å². The van der Waals surface area contributed by atoms with E-state index in [4.69, 9.17) is 0 Å². The first kappa shape index (κ1) is 9.07. The molecule has 0 saturated heterocycles. The fourth-order valence-electron chi connectivity index (χ4n) is 0.809. The molecule has 2 heteroatoms. The Bertz CT molecular complexity index is 301. The molecule has 0 fully saturated rings. The number of thiol groups is 1. The predicted octanol–water partition coefficient (Wildman–Crippen LogP) is 2.55. The predicted molar refractivity (Wildman–Crippen MR) is 54.1 cm³/mol. The van der Waals surface area contributed by atoms with Gasteiger partial charge in [-0.05, 0) is 18.6 Å². The Kier molecular flexibility index (Phi) is 3.11. The third-order valence-corrected chi connectivity index (χ3v) is 1.91. The van der Waals surface area contributed by atoms with Crippen molar-refractivity contribution in [3.05, 3.63) is 40.8 Å². The summed E-state index contributed by atoms with van der Waals surface area (Å²) < 4.78 is 0. The Morgan fingerprint density at radius 1 is 1.33 bits per heavy atom. The van der Waals surface area contributed by atoms with Crippen molar-refractivity contribution in [2.75, 3.05) is 0 Å². The fraction of sp³-hybridized carbons (Fsp3) is 0.100. The highest BCUT2D eigenvalue weighted by Crippen LogP contribution is 2.09. The number of rotatable bonds is 2. The summed E-state index contributed by atoms with van der Waals surface area (Å²) in [7, 11) is 0. The molecular weight excluding hydrogens is 168 g/mol. The Morgan fingerprint density at radius 3 is 2.42 bits per heavy atom. The van der Waals surface area contributed by atoms with Gasteiger partial charge >= 0.3 is 0 Å². The van der Waals surface area contributed by atoms with Crippen LogP contribution in [0.1, 0.15) is 12.5 Å². The lowest BCUT2D eigenvalue weighted by molar-refractivity contribution is -0.112. The second-order valence-electron chi connectivity index (χ2n) is 2.50. The quantitative estimate of drug-likeness (QED) is 0.544. The molecule has 0 saturated carbocycles. The smallest absolute Gasteiger partial charge is 0.165 e. The molecule has 0 radical (unpaired) electrons. The molecule has 1 nitrogen and oxygen atoms in total. The number of allylic oxidation sites excluding steroid dienone is 1. The summed E-state index contributed by atoms with van der Waals surface area (Å²) in [5.74, 6) is -0.0119. The van der Waals surface area contributed by atoms with Gasteiger partial charge in [0.25, 0.3) is 0 Å². The lowest BCUT2D eigenvalue weighted by atomic mass is 10.2. The van der Waals surface area contributed by atoms with Crippen LogP contribution in [0.5, 0.6) is 0 Å². The van der Waals surface area contributed by atoms with Gasteiger partial charge in [0.05, 0.1) is 0 Å². The molecule has 0 aliphatic carbocycles. The van der Waals surface area contributed by atoms with Crippen LogP contribution in [0.15, 0.2) is 35.2 Å². The fourth-order valence-corrected chi connectivity index (χ4v) is 0.958. The molecule has 0 amide bonds. The average molecular weight is 178 g/mol. The summed E-state index contributed by atoms with van der Waals surface area (Å²) in [4.78, 5) is 11.3. The van der Waals surface area contributed by atoms with Gasteiger partial charge in [-0.25, -0.2) is 0 Å². The molecule has 0 aliphatic rings. The molecule has 1 aromatic carbocycles. The number of hydrogen-bond acceptors (Lipinski definition) is 2. The maximum atomic E-state index is 10.8. The number of ketones is 1. The maximum absolute atomic E-state index is 10.8. The van der Waals surface area contributed by atoms with Crippen molar-refractivity contribution < 1.29 is 4.79 Å². The van der Waals surface area contributed by atoms with Crippen LogP contribution in [0.3, 0.4) is 0 Å².